The fraction of sp³-hybridized carbons (Fsp3) is 0.0667. The molecule has 0 bridgehead atoms. The van der Waals surface area contributed by atoms with Crippen molar-refractivity contribution in [2.24, 2.45) is 5.73 Å². The lowest BCUT2D eigenvalue weighted by Gasteiger charge is -2.11. The van der Waals surface area contributed by atoms with Gasteiger partial charge in [-0.15, -0.1) is 0 Å². The number of rotatable bonds is 3. The number of hydrogen-bond acceptors (Lipinski definition) is 3. The zero-order valence-electron chi connectivity index (χ0n) is 11.2. The summed E-state index contributed by atoms with van der Waals surface area (Å²) in [4.78, 5) is 12.3. The predicted octanol–water partition coefficient (Wildman–Crippen LogP) is 2.73. The molecule has 0 saturated carbocycles. The lowest BCUT2D eigenvalue weighted by Crippen LogP contribution is -2.16. The van der Waals surface area contributed by atoms with Crippen LogP contribution in [0, 0.1) is 12.7 Å². The van der Waals surface area contributed by atoms with E-state index in [1.165, 1.54) is 12.1 Å². The molecule has 0 heterocycles. The molecule has 108 valence electrons. The molecule has 0 aliphatic rings. The first-order valence-electron chi connectivity index (χ1n) is 6.09. The van der Waals surface area contributed by atoms with Crippen LogP contribution in [0.25, 0.3) is 0 Å². The zero-order valence-corrected chi connectivity index (χ0v) is 12.0. The van der Waals surface area contributed by atoms with Gasteiger partial charge in [-0.1, -0.05) is 30.4 Å². The largest absolute Gasteiger partial charge is 0.507 e. The van der Waals surface area contributed by atoms with Crippen molar-refractivity contribution in [3.8, 4) is 5.75 Å². The van der Waals surface area contributed by atoms with Gasteiger partial charge in [0, 0.05) is 11.3 Å². The van der Waals surface area contributed by atoms with Crippen molar-refractivity contribution in [3.05, 3.63) is 58.9 Å². The number of nitrogens with one attached hydrogen (secondary N) is 1. The molecule has 2 aromatic carbocycles. The van der Waals surface area contributed by atoms with Crippen molar-refractivity contribution in [2.45, 2.75) is 6.92 Å². The highest BCUT2D eigenvalue weighted by Crippen LogP contribution is 2.23. The second-order valence-corrected chi connectivity index (χ2v) is 4.92. The van der Waals surface area contributed by atoms with Gasteiger partial charge in [-0.2, -0.15) is 0 Å². The maximum Gasteiger partial charge on any atom is 0.262 e. The standard InChI is InChI=1S/C15H13FN2O2S/c1-8-5-6-9(14(17)21)7-11(8)18-15(20)13-10(16)3-2-4-12(13)19/h2-7,19H,1H3,(H2,17,21)(H,18,20). The molecule has 0 spiro atoms. The van der Waals surface area contributed by atoms with E-state index in [2.05, 4.69) is 5.32 Å². The summed E-state index contributed by atoms with van der Waals surface area (Å²) in [6.45, 7) is 1.78. The van der Waals surface area contributed by atoms with Gasteiger partial charge in [0.1, 0.15) is 22.1 Å². The number of carbonyl (C=O) groups excluding carboxylic acids is 1. The molecule has 2 aromatic rings. The molecule has 0 unspecified atom stereocenters. The van der Waals surface area contributed by atoms with Crippen molar-refractivity contribution in [1.82, 2.24) is 0 Å². The van der Waals surface area contributed by atoms with Crippen molar-refractivity contribution >= 4 is 28.8 Å². The lowest BCUT2D eigenvalue weighted by molar-refractivity contribution is 0.102. The molecule has 4 N–H and O–H groups in total. The predicted molar refractivity (Wildman–Crippen MR) is 83.1 cm³/mol. The molecule has 0 aliphatic heterocycles. The molecule has 0 aliphatic carbocycles. The highest BCUT2D eigenvalue weighted by atomic mass is 32.1. The Labute approximate surface area is 126 Å². The van der Waals surface area contributed by atoms with E-state index in [0.29, 0.717) is 11.3 Å². The number of amides is 1. The van der Waals surface area contributed by atoms with Crippen molar-refractivity contribution < 1.29 is 14.3 Å². The van der Waals surface area contributed by atoms with Crippen LogP contribution in [0.2, 0.25) is 0 Å². The van der Waals surface area contributed by atoms with Crippen LogP contribution in [0.3, 0.4) is 0 Å². The highest BCUT2D eigenvalue weighted by molar-refractivity contribution is 7.80. The summed E-state index contributed by atoms with van der Waals surface area (Å²) in [5, 5.41) is 12.2. The average Bonchev–Trinajstić information content (AvgIpc) is 2.40. The molecule has 0 radical (unpaired) electrons. The van der Waals surface area contributed by atoms with Crippen LogP contribution in [0.1, 0.15) is 21.5 Å². The number of halogens is 1. The number of benzene rings is 2. The number of phenols is 1. The van der Waals surface area contributed by atoms with Crippen molar-refractivity contribution in [3.63, 3.8) is 0 Å². The monoisotopic (exact) mass is 304 g/mol. The van der Waals surface area contributed by atoms with E-state index in [4.69, 9.17) is 18.0 Å². The van der Waals surface area contributed by atoms with Crippen LogP contribution in [-0.2, 0) is 0 Å². The first-order chi connectivity index (χ1) is 9.90. The summed E-state index contributed by atoms with van der Waals surface area (Å²) in [6, 6.07) is 8.75. The molecular weight excluding hydrogens is 291 g/mol. The van der Waals surface area contributed by atoms with E-state index >= 15 is 0 Å². The summed E-state index contributed by atoms with van der Waals surface area (Å²) < 4.78 is 13.7. The fourth-order valence-electron chi connectivity index (χ4n) is 1.83. The minimum absolute atomic E-state index is 0.194. The molecule has 0 aromatic heterocycles. The molecule has 0 fully saturated rings. The number of nitrogens with two attached hydrogens (primary N) is 1. The summed E-state index contributed by atoms with van der Waals surface area (Å²) >= 11 is 4.88. The number of aromatic hydroxyl groups is 1. The molecular formula is C15H13FN2O2S. The summed E-state index contributed by atoms with van der Waals surface area (Å²) in [5.41, 5.74) is 6.94. The molecule has 1 amide bonds. The molecule has 21 heavy (non-hydrogen) atoms. The first kappa shape index (κ1) is 14.9. The van der Waals surface area contributed by atoms with E-state index in [0.717, 1.165) is 11.6 Å². The Morgan fingerprint density at radius 2 is 2.05 bits per heavy atom. The maximum absolute atomic E-state index is 13.7. The highest BCUT2D eigenvalue weighted by Gasteiger charge is 2.17. The number of phenolic OH excluding ortho intramolecular Hbond substituents is 1. The van der Waals surface area contributed by atoms with E-state index in [-0.39, 0.29) is 4.99 Å². The van der Waals surface area contributed by atoms with E-state index in [9.17, 15) is 14.3 Å². The number of thiocarbonyl (C=S) groups is 1. The summed E-state index contributed by atoms with van der Waals surface area (Å²) in [6.07, 6.45) is 0. The van der Waals surface area contributed by atoms with E-state index in [1.54, 1.807) is 25.1 Å². The number of aryl methyl sites for hydroxylation is 1. The molecule has 0 atom stereocenters. The Hall–Kier alpha value is -2.47. The van der Waals surface area contributed by atoms with Gasteiger partial charge in [0.2, 0.25) is 0 Å². The van der Waals surface area contributed by atoms with Crippen LogP contribution in [0.15, 0.2) is 36.4 Å². The minimum atomic E-state index is -0.796. The van der Waals surface area contributed by atoms with Crippen molar-refractivity contribution in [1.29, 1.82) is 0 Å². The second-order valence-electron chi connectivity index (χ2n) is 4.48. The zero-order chi connectivity index (χ0) is 15.6. The quantitative estimate of drug-likeness (QED) is 0.762. The smallest absolute Gasteiger partial charge is 0.262 e. The van der Waals surface area contributed by atoms with Crippen LogP contribution in [0.5, 0.6) is 5.75 Å². The summed E-state index contributed by atoms with van der Waals surface area (Å²) in [5.74, 6) is -1.96. The Kier molecular flexibility index (Phi) is 4.18. The third-order valence-electron chi connectivity index (χ3n) is 2.99. The van der Waals surface area contributed by atoms with Gasteiger partial charge < -0.3 is 16.2 Å². The van der Waals surface area contributed by atoms with Crippen molar-refractivity contribution in [2.75, 3.05) is 5.32 Å². The Morgan fingerprint density at radius 1 is 1.33 bits per heavy atom. The fourth-order valence-corrected chi connectivity index (χ4v) is 1.96. The van der Waals surface area contributed by atoms with Crippen LogP contribution in [-0.4, -0.2) is 16.0 Å². The van der Waals surface area contributed by atoms with E-state index in [1.807, 2.05) is 0 Å². The summed E-state index contributed by atoms with van der Waals surface area (Å²) in [7, 11) is 0. The van der Waals surface area contributed by atoms with Gasteiger partial charge in [0.05, 0.1) is 0 Å². The van der Waals surface area contributed by atoms with Gasteiger partial charge in [0.25, 0.3) is 5.91 Å². The van der Waals surface area contributed by atoms with Gasteiger partial charge >= 0.3 is 0 Å². The van der Waals surface area contributed by atoms with E-state index < -0.39 is 23.0 Å². The molecule has 4 nitrogen and oxygen atoms in total. The molecule has 0 saturated heterocycles. The van der Waals surface area contributed by atoms with Crippen LogP contribution < -0.4 is 11.1 Å². The lowest BCUT2D eigenvalue weighted by atomic mass is 10.1. The van der Waals surface area contributed by atoms with Crippen LogP contribution >= 0.6 is 12.2 Å². The average molecular weight is 304 g/mol. The Morgan fingerprint density at radius 3 is 2.67 bits per heavy atom. The van der Waals surface area contributed by atoms with Gasteiger partial charge in [-0.25, -0.2) is 4.39 Å². The Balaban J connectivity index is 2.36. The third-order valence-corrected chi connectivity index (χ3v) is 3.22. The number of carbonyl (C=O) groups is 1. The number of anilines is 1. The van der Waals surface area contributed by atoms with Gasteiger partial charge in [-0.3, -0.25) is 4.79 Å². The molecule has 6 heteroatoms. The van der Waals surface area contributed by atoms with Gasteiger partial charge in [-0.05, 0) is 30.7 Å². The number of hydrogen-bond donors (Lipinski definition) is 3. The van der Waals surface area contributed by atoms with Gasteiger partial charge in [0.15, 0.2) is 0 Å². The maximum atomic E-state index is 13.7. The normalized spacial score (nSPS) is 10.2. The third kappa shape index (κ3) is 3.17. The second kappa shape index (κ2) is 5.88. The SMILES string of the molecule is Cc1ccc(C(N)=S)cc1NC(=O)c1c(O)cccc1F. The first-order valence-corrected chi connectivity index (χ1v) is 6.50. The van der Waals surface area contributed by atoms with Crippen LogP contribution in [0.4, 0.5) is 10.1 Å². The Bertz CT molecular complexity index is 711. The molecule has 2 rings (SSSR count). The topological polar surface area (TPSA) is 75.3 Å². The minimum Gasteiger partial charge on any atom is -0.507 e.